The van der Waals surface area contributed by atoms with Crippen LogP contribution in [-0.2, 0) is 0 Å². The number of furan rings is 1. The van der Waals surface area contributed by atoms with Gasteiger partial charge in [-0.3, -0.25) is 0 Å². The van der Waals surface area contributed by atoms with Gasteiger partial charge >= 0.3 is 0 Å². The van der Waals surface area contributed by atoms with Gasteiger partial charge in [0.15, 0.2) is 0 Å². The van der Waals surface area contributed by atoms with E-state index in [9.17, 15) is 5.48 Å². The van der Waals surface area contributed by atoms with Crippen LogP contribution >= 0.6 is 0 Å². The predicted molar refractivity (Wildman–Crippen MR) is 249 cm³/mol. The lowest BCUT2D eigenvalue weighted by Crippen LogP contribution is -2.10. The first-order chi connectivity index (χ1) is 30.9. The number of benzene rings is 10. The summed E-state index contributed by atoms with van der Waals surface area (Å²) in [5.41, 5.74) is 9.24. The average molecular weight is 757 g/mol. The fraction of sp³-hybridized carbons (Fsp3) is 0. The molecule has 0 saturated carbocycles. The molecule has 0 fully saturated rings. The summed E-state index contributed by atoms with van der Waals surface area (Å²) in [4.78, 5) is 1.87. The Balaban J connectivity index is 1.05. The normalized spacial score (nSPS) is 12.7. The van der Waals surface area contributed by atoms with E-state index in [2.05, 4.69) is 108 Å². The second kappa shape index (κ2) is 13.4. The first-order valence-corrected chi connectivity index (χ1v) is 19.8. The van der Waals surface area contributed by atoms with E-state index in [1.807, 2.05) is 95.9 Å². The molecule has 0 bridgehead atoms. The third kappa shape index (κ3) is 5.44. The van der Waals surface area contributed by atoms with Crippen LogP contribution in [0.2, 0.25) is 0 Å². The van der Waals surface area contributed by atoms with Crippen LogP contribution in [0.4, 0.5) is 17.1 Å². The zero-order valence-corrected chi connectivity index (χ0v) is 31.8. The van der Waals surface area contributed by atoms with Gasteiger partial charge in [-0.05, 0) is 117 Å². The summed E-state index contributed by atoms with van der Waals surface area (Å²) in [6, 6.07) is 65.0. The Morgan fingerprint density at radius 1 is 0.407 bits per heavy atom. The molecule has 10 aromatic carbocycles. The summed E-state index contributed by atoms with van der Waals surface area (Å²) in [5.74, 6) is 0. The van der Waals surface area contributed by atoms with Gasteiger partial charge in [-0.15, -0.1) is 0 Å². The van der Waals surface area contributed by atoms with Crippen molar-refractivity contribution in [2.24, 2.45) is 0 Å². The molecule has 276 valence electrons. The number of anilines is 3. The topological polar surface area (TPSA) is 21.3 Å². The fourth-order valence-electron chi connectivity index (χ4n) is 8.83. The molecule has 0 saturated heterocycles. The molecule has 59 heavy (non-hydrogen) atoms. The number of fused-ring (bicyclic) bond motifs is 9. The van der Waals surface area contributed by atoms with Crippen LogP contribution < -0.4 is 4.90 Å². The molecule has 0 N–H and O–H groups in total. The molecule has 0 atom stereocenters. The lowest BCUT2D eigenvalue weighted by atomic mass is 10.00. The summed E-state index contributed by atoms with van der Waals surface area (Å²) in [6.45, 7) is 0. The quantitative estimate of drug-likeness (QED) is 0.168. The minimum Gasteiger partial charge on any atom is -0.455 e. The third-order valence-electron chi connectivity index (χ3n) is 11.6. The van der Waals surface area contributed by atoms with Crippen LogP contribution in [0.1, 0.15) is 5.48 Å². The largest absolute Gasteiger partial charge is 0.455 e. The Bertz CT molecular complexity index is 3770. The van der Waals surface area contributed by atoms with E-state index in [0.717, 1.165) is 71.1 Å². The van der Waals surface area contributed by atoms with E-state index in [4.69, 9.17) is 4.42 Å². The van der Waals surface area contributed by atoms with Crippen LogP contribution in [0, 0.1) is 0 Å². The summed E-state index contributed by atoms with van der Waals surface area (Å²) in [6.07, 6.45) is 0. The Hall–Kier alpha value is -7.88. The molecular formula is C56H36N2O. The molecule has 0 amide bonds. The van der Waals surface area contributed by atoms with Crippen LogP contribution in [0.5, 0.6) is 0 Å². The van der Waals surface area contributed by atoms with Gasteiger partial charge in [0.05, 0.1) is 27.6 Å². The van der Waals surface area contributed by atoms with Gasteiger partial charge in [-0.1, -0.05) is 139 Å². The SMILES string of the molecule is [2H]c1c([2H])c(N(c2ccc(-c3ccc4c(c3)c3ccccc3n4-c3ccccc3)cc2)c2cccc3oc4c5ccccc5ccc4c23)c([2H])c([2H])c1-c1ccc2ccccc2c1. The number of para-hydroxylation sites is 2. The van der Waals surface area contributed by atoms with Crippen molar-refractivity contribution in [1.29, 1.82) is 0 Å². The van der Waals surface area contributed by atoms with Crippen molar-refractivity contribution in [3.05, 3.63) is 218 Å². The average Bonchev–Trinajstić information content (AvgIpc) is 3.89. The van der Waals surface area contributed by atoms with E-state index in [1.165, 1.54) is 5.39 Å². The standard InChI is InChI=1S/C56H36N2O/c1-2-14-44(15-3-1)58-51-18-9-8-17-48(51)50-36-43(28-34-52(50)58)39-25-31-46(32-26-39)57(45-29-23-38(24-30-45)42-22-21-37-11-4-5-13-41(37)35-42)53-19-10-20-54-55(53)49-33-27-40-12-6-7-16-47(40)56(49)59-54/h1-36H/i23D,24D,29D,30D. The Labute approximate surface area is 346 Å². The van der Waals surface area contributed by atoms with Crippen molar-refractivity contribution in [2.75, 3.05) is 4.90 Å². The Morgan fingerprint density at radius 3 is 1.92 bits per heavy atom. The minimum atomic E-state index is -0.140. The number of nitrogens with zero attached hydrogens (tertiary/aromatic N) is 2. The molecule has 2 heterocycles. The van der Waals surface area contributed by atoms with E-state index in [-0.39, 0.29) is 35.4 Å². The summed E-state index contributed by atoms with van der Waals surface area (Å²) in [5, 5.41) is 8.08. The number of hydrogen-bond donors (Lipinski definition) is 0. The summed E-state index contributed by atoms with van der Waals surface area (Å²) < 4.78 is 47.3. The monoisotopic (exact) mass is 756 g/mol. The van der Waals surface area contributed by atoms with E-state index in [0.29, 0.717) is 22.5 Å². The van der Waals surface area contributed by atoms with Gasteiger partial charge < -0.3 is 13.9 Å². The minimum absolute atomic E-state index is 0.110. The number of hydrogen-bond acceptors (Lipinski definition) is 2. The van der Waals surface area contributed by atoms with Gasteiger partial charge in [0, 0.05) is 38.6 Å². The molecule has 12 rings (SSSR count). The van der Waals surface area contributed by atoms with Crippen LogP contribution in [0.3, 0.4) is 0 Å². The molecule has 3 nitrogen and oxygen atoms in total. The van der Waals surface area contributed by atoms with Crippen molar-refractivity contribution < 1.29 is 9.90 Å². The lowest BCUT2D eigenvalue weighted by Gasteiger charge is -2.26. The highest BCUT2D eigenvalue weighted by atomic mass is 16.3. The Morgan fingerprint density at radius 2 is 1.07 bits per heavy atom. The highest BCUT2D eigenvalue weighted by Crippen LogP contribution is 2.45. The van der Waals surface area contributed by atoms with Gasteiger partial charge in [0.2, 0.25) is 0 Å². The molecule has 0 aliphatic carbocycles. The van der Waals surface area contributed by atoms with Crippen molar-refractivity contribution in [3.63, 3.8) is 0 Å². The molecule has 0 radical (unpaired) electrons. The fourth-order valence-corrected chi connectivity index (χ4v) is 8.83. The van der Waals surface area contributed by atoms with E-state index >= 15 is 0 Å². The number of aromatic nitrogens is 1. The van der Waals surface area contributed by atoms with Gasteiger partial charge in [-0.2, -0.15) is 0 Å². The second-order valence-corrected chi connectivity index (χ2v) is 15.0. The number of rotatable bonds is 6. The maximum absolute atomic E-state index is 9.68. The molecule has 3 heteroatoms. The van der Waals surface area contributed by atoms with Crippen molar-refractivity contribution in [2.45, 2.75) is 0 Å². The van der Waals surface area contributed by atoms with Gasteiger partial charge in [-0.25, -0.2) is 0 Å². The highest BCUT2D eigenvalue weighted by Gasteiger charge is 2.21. The molecule has 2 aromatic heterocycles. The molecule has 0 aliphatic rings. The smallest absolute Gasteiger partial charge is 0.143 e. The maximum Gasteiger partial charge on any atom is 0.143 e. The highest BCUT2D eigenvalue weighted by molar-refractivity contribution is 6.19. The lowest BCUT2D eigenvalue weighted by molar-refractivity contribution is 0.672. The molecular weight excluding hydrogens is 717 g/mol. The molecule has 0 spiro atoms. The van der Waals surface area contributed by atoms with Crippen molar-refractivity contribution >= 4 is 82.4 Å². The van der Waals surface area contributed by atoms with Crippen LogP contribution in [0.25, 0.3) is 93.2 Å². The first kappa shape index (κ1) is 29.4. The molecule has 0 aliphatic heterocycles. The zero-order chi connectivity index (χ0) is 42.3. The van der Waals surface area contributed by atoms with Crippen LogP contribution in [0.15, 0.2) is 223 Å². The van der Waals surface area contributed by atoms with Gasteiger partial charge in [0.25, 0.3) is 0 Å². The van der Waals surface area contributed by atoms with E-state index < -0.39 is 0 Å². The van der Waals surface area contributed by atoms with Crippen LogP contribution in [-0.4, -0.2) is 4.57 Å². The maximum atomic E-state index is 9.68. The predicted octanol–water partition coefficient (Wildman–Crippen LogP) is 15.8. The second-order valence-electron chi connectivity index (χ2n) is 15.0. The molecule has 0 unspecified atom stereocenters. The zero-order valence-electron chi connectivity index (χ0n) is 35.8. The summed E-state index contributed by atoms with van der Waals surface area (Å²) in [7, 11) is 0. The van der Waals surface area contributed by atoms with Crippen molar-refractivity contribution in [1.82, 2.24) is 4.57 Å². The summed E-state index contributed by atoms with van der Waals surface area (Å²) >= 11 is 0. The van der Waals surface area contributed by atoms with E-state index in [1.54, 1.807) is 0 Å². The Kier molecular flexibility index (Phi) is 6.65. The van der Waals surface area contributed by atoms with Gasteiger partial charge in [0.1, 0.15) is 11.2 Å². The first-order valence-electron chi connectivity index (χ1n) is 21.8. The van der Waals surface area contributed by atoms with Crippen molar-refractivity contribution in [3.8, 4) is 27.9 Å². The third-order valence-corrected chi connectivity index (χ3v) is 11.6. The molecule has 12 aromatic rings.